The van der Waals surface area contributed by atoms with E-state index in [0.29, 0.717) is 5.56 Å². The van der Waals surface area contributed by atoms with Crippen molar-refractivity contribution < 1.29 is 33.7 Å². The Balaban J connectivity index is 0.000000199. The molecule has 2 aliphatic rings. The number of benzene rings is 4. The molecule has 6 aromatic rings. The van der Waals surface area contributed by atoms with Crippen LogP contribution in [0.3, 0.4) is 0 Å². The van der Waals surface area contributed by atoms with Crippen LogP contribution in [-0.2, 0) is 31.9 Å². The smallest absolute Gasteiger partial charge is 0.138 e. The third-order valence-corrected chi connectivity index (χ3v) is 8.42. The molecule has 0 bridgehead atoms. The molecule has 0 saturated heterocycles. The van der Waals surface area contributed by atoms with E-state index < -0.39 is 6.85 Å². The fourth-order valence-electron chi connectivity index (χ4n) is 6.05. The van der Waals surface area contributed by atoms with E-state index in [1.807, 2.05) is 67.0 Å². The maximum absolute atomic E-state index is 7.34. The predicted molar refractivity (Wildman–Crippen MR) is 198 cm³/mol. The van der Waals surface area contributed by atoms with Gasteiger partial charge in [-0.05, 0) is 64.5 Å². The topological polar surface area (TPSA) is 47.5 Å². The quantitative estimate of drug-likeness (QED) is 0.166. The number of hydrogen-bond donors (Lipinski definition) is 0. The molecule has 50 heavy (non-hydrogen) atoms. The largest absolute Gasteiger partial charge is 0.497 e. The van der Waals surface area contributed by atoms with Gasteiger partial charge in [0.2, 0.25) is 0 Å². The molecule has 0 saturated carbocycles. The summed E-state index contributed by atoms with van der Waals surface area (Å²) in [7, 11) is 0. The molecular weight excluding hydrogens is 795 g/mol. The van der Waals surface area contributed by atoms with Crippen molar-refractivity contribution in [3.8, 4) is 45.5 Å². The number of anilines is 3. The molecular formula is C44H41IrN3O2-2. The van der Waals surface area contributed by atoms with Crippen molar-refractivity contribution in [3.05, 3.63) is 138 Å². The van der Waals surface area contributed by atoms with Crippen LogP contribution in [0.1, 0.15) is 62.3 Å². The summed E-state index contributed by atoms with van der Waals surface area (Å²) in [6.45, 7) is 11.1. The van der Waals surface area contributed by atoms with Gasteiger partial charge in [-0.3, -0.25) is 0 Å². The Hall–Kier alpha value is -4.77. The van der Waals surface area contributed by atoms with E-state index in [2.05, 4.69) is 92.8 Å². The molecule has 5 nitrogen and oxygen atoms in total. The van der Waals surface area contributed by atoms with Crippen molar-refractivity contribution >= 4 is 17.1 Å². The number of ether oxygens (including phenoxy) is 2. The molecule has 2 aliphatic heterocycles. The van der Waals surface area contributed by atoms with E-state index in [1.165, 1.54) is 17.2 Å². The average Bonchev–Trinajstić information content (AvgIpc) is 3.10. The van der Waals surface area contributed by atoms with Gasteiger partial charge >= 0.3 is 0 Å². The standard InChI is InChI=1S/C28H23N2O2.C16H18N.Ir/c1-28(2,3)17-18-14-15-29-20(16-18)19-12-13-25-26-27(19)32-24-11-7-5-9-22(24)30(26)21-8-4-6-10-23(21)31-25;1-12-5-7-13(8-6-12)15-10-9-14(11-17-15)16(2,3)4;/h4-11,13-16H,17H2,1-3H3;5-7,9-11H,1-4H3;/q2*-1;/i;1D3;. The Morgan fingerprint density at radius 2 is 1.46 bits per heavy atom. The summed E-state index contributed by atoms with van der Waals surface area (Å²) in [4.78, 5) is 11.3. The number of aryl methyl sites for hydroxylation is 1. The van der Waals surface area contributed by atoms with E-state index in [0.717, 1.165) is 69.0 Å². The number of aromatic nitrogens is 2. The van der Waals surface area contributed by atoms with Gasteiger partial charge < -0.3 is 24.3 Å². The Morgan fingerprint density at radius 1 is 0.740 bits per heavy atom. The zero-order chi connectivity index (χ0) is 36.8. The Morgan fingerprint density at radius 3 is 2.08 bits per heavy atom. The predicted octanol–water partition coefficient (Wildman–Crippen LogP) is 12.0. The summed E-state index contributed by atoms with van der Waals surface area (Å²) in [5.41, 5.74) is 9.13. The second-order valence-electron chi connectivity index (χ2n) is 14.6. The molecule has 255 valence electrons. The van der Waals surface area contributed by atoms with E-state index >= 15 is 0 Å². The van der Waals surface area contributed by atoms with Crippen LogP contribution in [0, 0.1) is 24.4 Å². The van der Waals surface area contributed by atoms with E-state index in [9.17, 15) is 0 Å². The van der Waals surface area contributed by atoms with Crippen molar-refractivity contribution in [1.29, 1.82) is 0 Å². The van der Waals surface area contributed by atoms with Crippen LogP contribution < -0.4 is 14.4 Å². The van der Waals surface area contributed by atoms with Crippen LogP contribution in [0.4, 0.5) is 17.1 Å². The summed E-state index contributed by atoms with van der Waals surface area (Å²) in [6.07, 6.45) is 4.70. The maximum Gasteiger partial charge on any atom is 0.138 e. The van der Waals surface area contributed by atoms with Gasteiger partial charge in [0.1, 0.15) is 11.5 Å². The van der Waals surface area contributed by atoms with Gasteiger partial charge in [0, 0.05) is 42.3 Å². The van der Waals surface area contributed by atoms with Crippen LogP contribution in [-0.4, -0.2) is 9.97 Å². The minimum atomic E-state index is -2.08. The Bertz CT molecular complexity index is 2170. The number of pyridine rings is 2. The summed E-state index contributed by atoms with van der Waals surface area (Å²) in [5, 5.41) is 0. The molecule has 0 unspecified atom stereocenters. The SMILES string of the molecule is CC(C)(C)Cc1ccnc(-c2[c-]cc3c4c2Oc2ccccc2N4c2ccccc2O3)c1.[2H]C([2H])([2H])c1c[c-]c(-c2ccc(C(C)(C)C)cn2)cc1.[Ir]. The van der Waals surface area contributed by atoms with Crippen LogP contribution in [0.5, 0.6) is 23.0 Å². The number of para-hydroxylation sites is 4. The van der Waals surface area contributed by atoms with Gasteiger partial charge in [0.15, 0.2) is 0 Å². The van der Waals surface area contributed by atoms with Crippen LogP contribution in [0.25, 0.3) is 22.5 Å². The third-order valence-electron chi connectivity index (χ3n) is 8.42. The molecule has 0 N–H and O–H groups in total. The van der Waals surface area contributed by atoms with Crippen molar-refractivity contribution in [2.24, 2.45) is 5.41 Å². The molecule has 1 radical (unpaired) electrons. The number of rotatable bonds is 3. The van der Waals surface area contributed by atoms with Crippen molar-refractivity contribution in [2.75, 3.05) is 4.90 Å². The second-order valence-corrected chi connectivity index (χ2v) is 14.6. The minimum absolute atomic E-state index is 0. The maximum atomic E-state index is 7.34. The first kappa shape index (κ1) is 31.2. The summed E-state index contributed by atoms with van der Waals surface area (Å²) < 4.78 is 34.7. The molecule has 6 heteroatoms. The Kier molecular flexibility index (Phi) is 8.66. The number of fused-ring (bicyclic) bond motifs is 4. The second kappa shape index (κ2) is 13.9. The Labute approximate surface area is 313 Å². The van der Waals surface area contributed by atoms with E-state index in [-0.39, 0.29) is 30.9 Å². The third kappa shape index (κ3) is 7.23. The summed E-state index contributed by atoms with van der Waals surface area (Å²) >= 11 is 0. The zero-order valence-electron chi connectivity index (χ0n) is 32.1. The summed E-state index contributed by atoms with van der Waals surface area (Å²) in [6, 6.07) is 37.5. The van der Waals surface area contributed by atoms with Gasteiger partial charge in [-0.2, -0.15) is 0 Å². The average molecular weight is 839 g/mol. The molecule has 0 amide bonds. The van der Waals surface area contributed by atoms with Crippen molar-refractivity contribution in [3.63, 3.8) is 0 Å². The first-order valence-electron chi connectivity index (χ1n) is 18.0. The van der Waals surface area contributed by atoms with Crippen LogP contribution >= 0.6 is 0 Å². The number of nitrogens with zero attached hydrogens (tertiary/aromatic N) is 3. The normalized spacial score (nSPS) is 13.6. The van der Waals surface area contributed by atoms with Gasteiger partial charge in [-0.1, -0.05) is 102 Å². The van der Waals surface area contributed by atoms with Crippen LogP contribution in [0.15, 0.2) is 109 Å². The molecule has 0 fully saturated rings. The van der Waals surface area contributed by atoms with E-state index in [1.54, 1.807) is 12.1 Å². The molecule has 0 aliphatic carbocycles. The number of hydrogen-bond acceptors (Lipinski definition) is 5. The first-order chi connectivity index (χ1) is 24.7. The fourth-order valence-corrected chi connectivity index (χ4v) is 6.05. The molecule has 4 aromatic carbocycles. The fraction of sp³-hybridized carbons (Fsp3) is 0.227. The monoisotopic (exact) mass is 839 g/mol. The minimum Gasteiger partial charge on any atom is -0.497 e. The van der Waals surface area contributed by atoms with Gasteiger partial charge in [-0.15, -0.1) is 47.5 Å². The molecule has 4 heterocycles. The zero-order valence-corrected chi connectivity index (χ0v) is 31.5. The van der Waals surface area contributed by atoms with E-state index in [4.69, 9.17) is 13.6 Å². The van der Waals surface area contributed by atoms with Crippen molar-refractivity contribution in [2.45, 2.75) is 60.2 Å². The molecule has 8 rings (SSSR count). The first-order valence-corrected chi connectivity index (χ1v) is 16.5. The van der Waals surface area contributed by atoms with Crippen LogP contribution in [0.2, 0.25) is 0 Å². The van der Waals surface area contributed by atoms with Crippen molar-refractivity contribution in [1.82, 2.24) is 9.97 Å². The van der Waals surface area contributed by atoms with Gasteiger partial charge in [0.25, 0.3) is 0 Å². The summed E-state index contributed by atoms with van der Waals surface area (Å²) in [5.74, 6) is 3.06. The van der Waals surface area contributed by atoms with Gasteiger partial charge in [0.05, 0.1) is 22.9 Å². The molecule has 0 spiro atoms. The molecule has 0 atom stereocenters. The molecule has 2 aromatic heterocycles. The van der Waals surface area contributed by atoms with Gasteiger partial charge in [-0.25, -0.2) is 0 Å².